The number of halogens is 3. The van der Waals surface area contributed by atoms with Crippen molar-refractivity contribution in [3.8, 4) is 5.75 Å². The number of benzene rings is 2. The molecule has 0 fully saturated rings. The van der Waals surface area contributed by atoms with E-state index in [0.717, 1.165) is 11.6 Å². The van der Waals surface area contributed by atoms with Crippen molar-refractivity contribution in [2.45, 2.75) is 19.0 Å². The van der Waals surface area contributed by atoms with Gasteiger partial charge in [-0.3, -0.25) is 4.79 Å². The van der Waals surface area contributed by atoms with E-state index in [1.54, 1.807) is 25.3 Å². The van der Waals surface area contributed by atoms with E-state index in [1.807, 2.05) is 12.1 Å². The standard InChI is InChI=1S/C18H15F3O2/c1-23-14-7-5-11(6-8-14)9-13-10-12-3-2-4-15(18(19,20)21)16(12)17(13)22/h2-8,13H,9-10H2,1H3. The third-order valence-corrected chi connectivity index (χ3v) is 4.18. The third-order valence-electron chi connectivity index (χ3n) is 4.18. The normalized spacial score (nSPS) is 17.2. The van der Waals surface area contributed by atoms with Gasteiger partial charge in [-0.2, -0.15) is 13.2 Å². The number of carbonyl (C=O) groups excluding carboxylic acids is 1. The van der Waals surface area contributed by atoms with Crippen LogP contribution in [0.1, 0.15) is 27.0 Å². The monoisotopic (exact) mass is 320 g/mol. The van der Waals surface area contributed by atoms with Gasteiger partial charge in [-0.05, 0) is 42.2 Å². The molecule has 0 saturated heterocycles. The molecule has 2 aromatic rings. The summed E-state index contributed by atoms with van der Waals surface area (Å²) in [6.07, 6.45) is -3.73. The van der Waals surface area contributed by atoms with Crippen LogP contribution in [0.5, 0.6) is 5.75 Å². The lowest BCUT2D eigenvalue weighted by Crippen LogP contribution is -2.16. The highest BCUT2D eigenvalue weighted by atomic mass is 19.4. The van der Waals surface area contributed by atoms with Crippen molar-refractivity contribution < 1.29 is 22.7 Å². The second-order valence-electron chi connectivity index (χ2n) is 5.65. The molecular formula is C18H15F3O2. The first-order valence-corrected chi connectivity index (χ1v) is 7.26. The van der Waals surface area contributed by atoms with Gasteiger partial charge in [0.15, 0.2) is 5.78 Å². The first-order chi connectivity index (χ1) is 10.9. The number of hydrogen-bond acceptors (Lipinski definition) is 2. The molecule has 2 aromatic carbocycles. The highest BCUT2D eigenvalue weighted by molar-refractivity contribution is 6.03. The Morgan fingerprint density at radius 2 is 1.83 bits per heavy atom. The second-order valence-corrected chi connectivity index (χ2v) is 5.65. The van der Waals surface area contributed by atoms with Gasteiger partial charge in [-0.15, -0.1) is 0 Å². The number of ketones is 1. The Morgan fingerprint density at radius 3 is 2.43 bits per heavy atom. The van der Waals surface area contributed by atoms with Crippen molar-refractivity contribution in [3.05, 3.63) is 64.7 Å². The third kappa shape index (κ3) is 2.96. The summed E-state index contributed by atoms with van der Waals surface area (Å²) in [5, 5.41) is 0. The number of carbonyl (C=O) groups is 1. The lowest BCUT2D eigenvalue weighted by atomic mass is 9.95. The zero-order chi connectivity index (χ0) is 16.6. The summed E-state index contributed by atoms with van der Waals surface area (Å²) >= 11 is 0. The molecule has 0 aromatic heterocycles. The zero-order valence-corrected chi connectivity index (χ0v) is 12.5. The molecular weight excluding hydrogens is 305 g/mol. The number of hydrogen-bond donors (Lipinski definition) is 0. The molecule has 0 heterocycles. The Morgan fingerprint density at radius 1 is 1.13 bits per heavy atom. The molecule has 1 aliphatic rings. The number of methoxy groups -OCH3 is 1. The smallest absolute Gasteiger partial charge is 0.417 e. The van der Waals surface area contributed by atoms with Gasteiger partial charge < -0.3 is 4.74 Å². The molecule has 120 valence electrons. The van der Waals surface area contributed by atoms with Crippen molar-refractivity contribution in [2.24, 2.45) is 5.92 Å². The molecule has 0 bridgehead atoms. The first kappa shape index (κ1) is 15.6. The lowest BCUT2D eigenvalue weighted by Gasteiger charge is -2.11. The average molecular weight is 320 g/mol. The highest BCUT2D eigenvalue weighted by Crippen LogP contribution is 2.39. The van der Waals surface area contributed by atoms with Gasteiger partial charge in [0.05, 0.1) is 12.7 Å². The SMILES string of the molecule is COc1ccc(CC2Cc3cccc(C(F)(F)F)c3C2=O)cc1. The average Bonchev–Trinajstić information content (AvgIpc) is 2.83. The summed E-state index contributed by atoms with van der Waals surface area (Å²) in [5.41, 5.74) is 0.421. The molecule has 23 heavy (non-hydrogen) atoms. The Kier molecular flexibility index (Phi) is 3.88. The van der Waals surface area contributed by atoms with E-state index < -0.39 is 23.4 Å². The maximum atomic E-state index is 13.1. The quantitative estimate of drug-likeness (QED) is 0.842. The number of Topliss-reactive ketones (excluding diaryl/α,β-unsaturated/α-hetero) is 1. The summed E-state index contributed by atoms with van der Waals surface area (Å²) in [7, 11) is 1.56. The molecule has 0 spiro atoms. The van der Waals surface area contributed by atoms with Gasteiger partial charge in [-0.25, -0.2) is 0 Å². The molecule has 3 rings (SSSR count). The molecule has 1 atom stereocenters. The van der Waals surface area contributed by atoms with Crippen molar-refractivity contribution in [2.75, 3.05) is 7.11 Å². The van der Waals surface area contributed by atoms with Crippen LogP contribution in [0, 0.1) is 5.92 Å². The Hall–Kier alpha value is -2.30. The molecule has 5 heteroatoms. The summed E-state index contributed by atoms with van der Waals surface area (Å²) < 4.78 is 44.3. The number of fused-ring (bicyclic) bond motifs is 1. The van der Waals surface area contributed by atoms with E-state index in [9.17, 15) is 18.0 Å². The van der Waals surface area contributed by atoms with E-state index in [-0.39, 0.29) is 5.56 Å². The van der Waals surface area contributed by atoms with Crippen LogP contribution in [0.15, 0.2) is 42.5 Å². The van der Waals surface area contributed by atoms with Gasteiger partial charge in [0.2, 0.25) is 0 Å². The predicted octanol–water partition coefficient (Wildman–Crippen LogP) is 4.31. The Bertz CT molecular complexity index is 733. The maximum absolute atomic E-state index is 13.1. The van der Waals surface area contributed by atoms with Crippen LogP contribution >= 0.6 is 0 Å². The van der Waals surface area contributed by atoms with E-state index in [2.05, 4.69) is 0 Å². The van der Waals surface area contributed by atoms with Gasteiger partial charge in [0.1, 0.15) is 5.75 Å². The minimum absolute atomic E-state index is 0.154. The molecule has 1 aliphatic carbocycles. The summed E-state index contributed by atoms with van der Waals surface area (Å²) in [6, 6.07) is 11.2. The summed E-state index contributed by atoms with van der Waals surface area (Å²) in [6.45, 7) is 0. The van der Waals surface area contributed by atoms with Gasteiger partial charge in [0.25, 0.3) is 0 Å². The van der Waals surface area contributed by atoms with E-state index in [0.29, 0.717) is 24.2 Å². The van der Waals surface area contributed by atoms with Crippen LogP contribution in [0.25, 0.3) is 0 Å². The molecule has 0 radical (unpaired) electrons. The maximum Gasteiger partial charge on any atom is 0.417 e. The Balaban J connectivity index is 1.86. The van der Waals surface area contributed by atoms with Crippen LogP contribution < -0.4 is 4.74 Å². The minimum Gasteiger partial charge on any atom is -0.497 e. The fourth-order valence-electron chi connectivity index (χ4n) is 3.07. The minimum atomic E-state index is -4.50. The molecule has 1 unspecified atom stereocenters. The van der Waals surface area contributed by atoms with Crippen LogP contribution in [-0.2, 0) is 19.0 Å². The van der Waals surface area contributed by atoms with Crippen LogP contribution in [-0.4, -0.2) is 12.9 Å². The zero-order valence-electron chi connectivity index (χ0n) is 12.5. The predicted molar refractivity (Wildman–Crippen MR) is 79.7 cm³/mol. The van der Waals surface area contributed by atoms with E-state index in [4.69, 9.17) is 4.74 Å². The van der Waals surface area contributed by atoms with Gasteiger partial charge in [-0.1, -0.05) is 24.3 Å². The van der Waals surface area contributed by atoms with Crippen molar-refractivity contribution in [1.82, 2.24) is 0 Å². The van der Waals surface area contributed by atoms with E-state index in [1.165, 1.54) is 6.07 Å². The van der Waals surface area contributed by atoms with E-state index >= 15 is 0 Å². The lowest BCUT2D eigenvalue weighted by molar-refractivity contribution is -0.137. The fraction of sp³-hybridized carbons (Fsp3) is 0.278. The number of rotatable bonds is 3. The van der Waals surface area contributed by atoms with Crippen LogP contribution in [0.4, 0.5) is 13.2 Å². The van der Waals surface area contributed by atoms with Gasteiger partial charge in [0, 0.05) is 11.5 Å². The molecule has 0 amide bonds. The molecule has 0 N–H and O–H groups in total. The van der Waals surface area contributed by atoms with Crippen LogP contribution in [0.2, 0.25) is 0 Å². The van der Waals surface area contributed by atoms with Gasteiger partial charge >= 0.3 is 6.18 Å². The summed E-state index contributed by atoms with van der Waals surface area (Å²) in [4.78, 5) is 12.5. The Labute approximate surface area is 131 Å². The molecule has 2 nitrogen and oxygen atoms in total. The van der Waals surface area contributed by atoms with Crippen molar-refractivity contribution >= 4 is 5.78 Å². The highest BCUT2D eigenvalue weighted by Gasteiger charge is 2.41. The van der Waals surface area contributed by atoms with Crippen molar-refractivity contribution in [3.63, 3.8) is 0 Å². The first-order valence-electron chi connectivity index (χ1n) is 7.26. The van der Waals surface area contributed by atoms with Crippen molar-refractivity contribution in [1.29, 1.82) is 0 Å². The number of alkyl halides is 3. The summed E-state index contributed by atoms with van der Waals surface area (Å²) in [5.74, 6) is -0.153. The largest absolute Gasteiger partial charge is 0.497 e. The fourth-order valence-corrected chi connectivity index (χ4v) is 3.07. The van der Waals surface area contributed by atoms with Crippen LogP contribution in [0.3, 0.4) is 0 Å². The number of ether oxygens (including phenoxy) is 1. The molecule has 0 aliphatic heterocycles. The second kappa shape index (κ2) is 5.72. The molecule has 0 saturated carbocycles. The topological polar surface area (TPSA) is 26.3 Å².